The molecule has 2 N–H and O–H groups in total. The van der Waals surface area contributed by atoms with Gasteiger partial charge >= 0.3 is 0 Å². The smallest absolute Gasteiger partial charge is 0.135 e. The Kier molecular flexibility index (Phi) is 6.68. The van der Waals surface area contributed by atoms with Crippen LogP contribution in [0.4, 0.5) is 17.3 Å². The molecule has 28 heavy (non-hydrogen) atoms. The molecule has 0 aliphatic heterocycles. The van der Waals surface area contributed by atoms with E-state index in [9.17, 15) is 0 Å². The second-order valence-corrected chi connectivity index (χ2v) is 6.64. The van der Waals surface area contributed by atoms with Crippen molar-refractivity contribution in [1.29, 1.82) is 0 Å². The van der Waals surface area contributed by atoms with Crippen molar-refractivity contribution in [3.63, 3.8) is 0 Å². The van der Waals surface area contributed by atoms with E-state index >= 15 is 0 Å². The van der Waals surface area contributed by atoms with Gasteiger partial charge in [0.2, 0.25) is 0 Å². The number of rotatable bonds is 9. The van der Waals surface area contributed by atoms with Crippen molar-refractivity contribution in [1.82, 2.24) is 9.97 Å². The Morgan fingerprint density at radius 3 is 2.25 bits per heavy atom. The quantitative estimate of drug-likeness (QED) is 0.519. The Morgan fingerprint density at radius 2 is 1.57 bits per heavy atom. The van der Waals surface area contributed by atoms with Crippen molar-refractivity contribution < 1.29 is 9.47 Å². The van der Waals surface area contributed by atoms with Crippen LogP contribution in [0, 0.1) is 0 Å². The molecule has 3 aromatic rings. The van der Waals surface area contributed by atoms with Gasteiger partial charge in [0, 0.05) is 11.8 Å². The normalized spacial score (nSPS) is 10.6. The number of nitrogens with zero attached hydrogens (tertiary/aromatic N) is 2. The first-order valence-corrected chi connectivity index (χ1v) is 9.34. The Hall–Kier alpha value is -3.28. The van der Waals surface area contributed by atoms with Crippen molar-refractivity contribution in [3.05, 3.63) is 66.5 Å². The summed E-state index contributed by atoms with van der Waals surface area (Å²) in [6.45, 7) is 5.52. The van der Waals surface area contributed by atoms with Gasteiger partial charge in [-0.1, -0.05) is 26.0 Å². The Bertz CT molecular complexity index is 864. The van der Waals surface area contributed by atoms with Crippen LogP contribution in [0.3, 0.4) is 0 Å². The Labute approximate surface area is 166 Å². The van der Waals surface area contributed by atoms with Crippen LogP contribution in [0.2, 0.25) is 0 Å². The molecule has 0 aliphatic rings. The first kappa shape index (κ1) is 19.5. The molecule has 0 atom stereocenters. The molecule has 0 unspecified atom stereocenters. The highest BCUT2D eigenvalue weighted by Gasteiger charge is 2.02. The minimum Gasteiger partial charge on any atom is -0.497 e. The summed E-state index contributed by atoms with van der Waals surface area (Å²) in [5, 5.41) is 6.55. The number of methoxy groups -OCH3 is 1. The highest BCUT2D eigenvalue weighted by atomic mass is 16.5. The van der Waals surface area contributed by atoms with Crippen LogP contribution in [0.5, 0.6) is 11.5 Å². The fourth-order valence-corrected chi connectivity index (χ4v) is 2.64. The number of hydrogen-bond acceptors (Lipinski definition) is 6. The van der Waals surface area contributed by atoms with Crippen molar-refractivity contribution in [2.24, 2.45) is 0 Å². The summed E-state index contributed by atoms with van der Waals surface area (Å²) in [5.41, 5.74) is 2.31. The van der Waals surface area contributed by atoms with Gasteiger partial charge in [-0.05, 0) is 47.9 Å². The van der Waals surface area contributed by atoms with E-state index in [1.165, 1.54) is 11.9 Å². The van der Waals surface area contributed by atoms with Gasteiger partial charge in [-0.3, -0.25) is 0 Å². The molecule has 0 spiro atoms. The van der Waals surface area contributed by atoms with E-state index < -0.39 is 0 Å². The first-order valence-electron chi connectivity index (χ1n) is 9.34. The summed E-state index contributed by atoms with van der Waals surface area (Å²) in [4.78, 5) is 8.53. The monoisotopic (exact) mass is 378 g/mol. The van der Waals surface area contributed by atoms with E-state index in [4.69, 9.17) is 9.47 Å². The van der Waals surface area contributed by atoms with Gasteiger partial charge in [0.15, 0.2) is 0 Å². The third-order valence-electron chi connectivity index (χ3n) is 4.25. The molecule has 0 aliphatic carbocycles. The molecule has 1 heterocycles. The molecule has 0 saturated carbocycles. The molecule has 0 radical (unpaired) electrons. The zero-order valence-electron chi connectivity index (χ0n) is 16.5. The van der Waals surface area contributed by atoms with E-state index in [1.807, 2.05) is 30.3 Å². The lowest BCUT2D eigenvalue weighted by atomic mass is 10.0. The fraction of sp³-hybridized carbons (Fsp3) is 0.273. The van der Waals surface area contributed by atoms with Crippen LogP contribution < -0.4 is 20.1 Å². The number of anilines is 3. The number of ether oxygens (including phenoxy) is 2. The van der Waals surface area contributed by atoms with Crippen molar-refractivity contribution in [3.8, 4) is 11.5 Å². The van der Waals surface area contributed by atoms with Crippen LogP contribution in [-0.2, 0) is 0 Å². The predicted octanol–water partition coefficient (Wildman–Crippen LogP) is 4.84. The highest BCUT2D eigenvalue weighted by Crippen LogP contribution is 2.20. The average Bonchev–Trinajstić information content (AvgIpc) is 2.72. The molecule has 6 nitrogen and oxygen atoms in total. The second-order valence-electron chi connectivity index (χ2n) is 6.64. The minimum atomic E-state index is 0.518. The molecule has 0 fully saturated rings. The van der Waals surface area contributed by atoms with Crippen LogP contribution in [0.15, 0.2) is 60.9 Å². The zero-order valence-corrected chi connectivity index (χ0v) is 16.5. The van der Waals surface area contributed by atoms with Crippen molar-refractivity contribution in [2.75, 3.05) is 30.9 Å². The highest BCUT2D eigenvalue weighted by molar-refractivity contribution is 5.59. The maximum absolute atomic E-state index is 5.71. The fourth-order valence-electron chi connectivity index (χ4n) is 2.64. The lowest BCUT2D eigenvalue weighted by Crippen LogP contribution is -2.12. The number of nitrogens with one attached hydrogen (secondary N) is 2. The second kappa shape index (κ2) is 9.60. The number of hydrogen-bond donors (Lipinski definition) is 2. The van der Waals surface area contributed by atoms with E-state index in [-0.39, 0.29) is 0 Å². The molecule has 0 amide bonds. The standard InChI is InChI=1S/C22H26N4O2/c1-16(2)17-4-6-18(7-5-17)26-22-14-21(24-15-25-22)23-12-13-28-20-10-8-19(27-3)9-11-20/h4-11,14-16H,12-13H2,1-3H3,(H2,23,24,25,26). The molecule has 3 rings (SSSR count). The van der Waals surface area contributed by atoms with Gasteiger partial charge in [-0.2, -0.15) is 0 Å². The van der Waals surface area contributed by atoms with Crippen molar-refractivity contribution in [2.45, 2.75) is 19.8 Å². The van der Waals surface area contributed by atoms with Crippen LogP contribution in [-0.4, -0.2) is 30.2 Å². The third-order valence-corrected chi connectivity index (χ3v) is 4.25. The van der Waals surface area contributed by atoms with E-state index in [1.54, 1.807) is 7.11 Å². The molecule has 6 heteroatoms. The summed E-state index contributed by atoms with van der Waals surface area (Å²) < 4.78 is 10.8. The molecule has 2 aromatic carbocycles. The molecule has 146 valence electrons. The molecule has 0 bridgehead atoms. The lowest BCUT2D eigenvalue weighted by molar-refractivity contribution is 0.331. The maximum atomic E-state index is 5.71. The van der Waals surface area contributed by atoms with Gasteiger partial charge < -0.3 is 20.1 Å². The van der Waals surface area contributed by atoms with Gasteiger partial charge in [0.25, 0.3) is 0 Å². The lowest BCUT2D eigenvalue weighted by Gasteiger charge is -2.11. The number of benzene rings is 2. The summed E-state index contributed by atoms with van der Waals surface area (Å²) in [6, 6.07) is 17.8. The largest absolute Gasteiger partial charge is 0.497 e. The SMILES string of the molecule is COc1ccc(OCCNc2cc(Nc3ccc(C(C)C)cc3)ncn2)cc1. The molecular weight excluding hydrogens is 352 g/mol. The first-order chi connectivity index (χ1) is 13.6. The molecule has 0 saturated heterocycles. The summed E-state index contributed by atoms with van der Waals surface area (Å²) in [7, 11) is 1.64. The van der Waals surface area contributed by atoms with Crippen molar-refractivity contribution >= 4 is 17.3 Å². The molecule has 1 aromatic heterocycles. The minimum absolute atomic E-state index is 0.518. The summed E-state index contributed by atoms with van der Waals surface area (Å²) >= 11 is 0. The number of aromatic nitrogens is 2. The molecular formula is C22H26N4O2. The predicted molar refractivity (Wildman–Crippen MR) is 113 cm³/mol. The topological polar surface area (TPSA) is 68.3 Å². The van der Waals surface area contributed by atoms with E-state index in [2.05, 4.69) is 58.7 Å². The Balaban J connectivity index is 1.48. The van der Waals surface area contributed by atoms with Gasteiger partial charge in [-0.25, -0.2) is 9.97 Å². The Morgan fingerprint density at radius 1 is 0.893 bits per heavy atom. The summed E-state index contributed by atoms with van der Waals surface area (Å²) in [6.07, 6.45) is 1.54. The average molecular weight is 378 g/mol. The maximum Gasteiger partial charge on any atom is 0.135 e. The van der Waals surface area contributed by atoms with Crippen LogP contribution in [0.1, 0.15) is 25.3 Å². The van der Waals surface area contributed by atoms with Gasteiger partial charge in [0.1, 0.15) is 36.1 Å². The zero-order chi connectivity index (χ0) is 19.8. The van der Waals surface area contributed by atoms with Gasteiger partial charge in [-0.15, -0.1) is 0 Å². The third kappa shape index (κ3) is 5.61. The van der Waals surface area contributed by atoms with Crippen LogP contribution in [0.25, 0.3) is 0 Å². The van der Waals surface area contributed by atoms with E-state index in [0.29, 0.717) is 19.1 Å². The van der Waals surface area contributed by atoms with E-state index in [0.717, 1.165) is 28.8 Å². The summed E-state index contributed by atoms with van der Waals surface area (Å²) in [5.74, 6) is 3.62. The van der Waals surface area contributed by atoms with Gasteiger partial charge in [0.05, 0.1) is 13.7 Å². The van der Waals surface area contributed by atoms with Crippen LogP contribution >= 0.6 is 0 Å².